The predicted octanol–water partition coefficient (Wildman–Crippen LogP) is 1.49. The number of nitrogens with one attached hydrogen (secondary N) is 2. The molecule has 1 heterocycles. The van der Waals surface area contributed by atoms with E-state index in [1.807, 2.05) is 11.8 Å². The number of rotatable bonds is 5. The van der Waals surface area contributed by atoms with E-state index in [2.05, 4.69) is 15.6 Å². The van der Waals surface area contributed by atoms with Crippen molar-refractivity contribution in [1.29, 1.82) is 0 Å². The second-order valence-corrected chi connectivity index (χ2v) is 9.53. The Kier molecular flexibility index (Phi) is 8.80. The molecule has 1 saturated heterocycles. The number of hydrogen-bond donors (Lipinski definition) is 2. The van der Waals surface area contributed by atoms with Gasteiger partial charge in [0.05, 0.1) is 4.75 Å². The van der Waals surface area contributed by atoms with Gasteiger partial charge in [-0.3, -0.25) is 4.99 Å². The van der Waals surface area contributed by atoms with Gasteiger partial charge in [-0.2, -0.15) is 11.8 Å². The molecule has 0 aromatic carbocycles. The summed E-state index contributed by atoms with van der Waals surface area (Å²) in [5.74, 6) is 1.91. The minimum absolute atomic E-state index is 0. The van der Waals surface area contributed by atoms with Gasteiger partial charge in [-0.15, -0.1) is 24.0 Å². The monoisotopic (exact) mass is 435 g/mol. The van der Waals surface area contributed by atoms with E-state index in [0.29, 0.717) is 17.8 Å². The Labute approximate surface area is 144 Å². The van der Waals surface area contributed by atoms with Crippen molar-refractivity contribution in [2.75, 3.05) is 32.1 Å². The van der Waals surface area contributed by atoms with Gasteiger partial charge in [0.25, 0.3) is 0 Å². The Morgan fingerprint density at radius 2 is 2.05 bits per heavy atom. The zero-order chi connectivity index (χ0) is 14.5. The number of halogens is 1. The molecule has 1 atom stereocenters. The first-order valence-electron chi connectivity index (χ1n) is 6.52. The number of sulfone groups is 1. The zero-order valence-corrected chi connectivity index (χ0v) is 16.6. The average molecular weight is 435 g/mol. The van der Waals surface area contributed by atoms with E-state index in [1.165, 1.54) is 24.9 Å². The molecule has 0 radical (unpaired) electrons. The molecular formula is C12H26IN3O2S2. The van der Waals surface area contributed by atoms with Crippen molar-refractivity contribution in [3.63, 3.8) is 0 Å². The van der Waals surface area contributed by atoms with Crippen LogP contribution in [0.5, 0.6) is 0 Å². The van der Waals surface area contributed by atoms with E-state index in [-0.39, 0.29) is 24.0 Å². The molecule has 120 valence electrons. The summed E-state index contributed by atoms with van der Waals surface area (Å²) < 4.78 is 22.4. The first-order valence-corrected chi connectivity index (χ1v) is 9.46. The van der Waals surface area contributed by atoms with E-state index >= 15 is 0 Å². The fourth-order valence-corrected chi connectivity index (χ4v) is 3.20. The molecule has 0 bridgehead atoms. The summed E-state index contributed by atoms with van der Waals surface area (Å²) >= 11 is 1.98. The predicted molar refractivity (Wildman–Crippen MR) is 99.2 cm³/mol. The lowest BCUT2D eigenvalue weighted by molar-refractivity contribution is 0.544. The van der Waals surface area contributed by atoms with Crippen LogP contribution in [0.2, 0.25) is 0 Å². The molecule has 1 aliphatic rings. The molecule has 1 aliphatic heterocycles. The fraction of sp³-hybridized carbons (Fsp3) is 0.917. The summed E-state index contributed by atoms with van der Waals surface area (Å²) in [6, 6.07) is 0. The Hall–Kier alpha value is 0.300. The van der Waals surface area contributed by atoms with Crippen LogP contribution in [0.3, 0.4) is 0 Å². The number of thioether (sulfide) groups is 1. The highest BCUT2D eigenvalue weighted by Crippen LogP contribution is 2.25. The Balaban J connectivity index is 0.00000361. The minimum atomic E-state index is -3.09. The van der Waals surface area contributed by atoms with E-state index in [0.717, 1.165) is 6.54 Å². The van der Waals surface area contributed by atoms with Crippen LogP contribution in [-0.4, -0.2) is 56.5 Å². The van der Waals surface area contributed by atoms with Crippen LogP contribution in [-0.2, 0) is 9.84 Å². The van der Waals surface area contributed by atoms with Crippen molar-refractivity contribution >= 4 is 51.5 Å². The molecule has 0 amide bonds. The molecule has 1 rings (SSSR count). The second-order valence-electron chi connectivity index (χ2n) is 5.47. The largest absolute Gasteiger partial charge is 0.355 e. The van der Waals surface area contributed by atoms with Gasteiger partial charge in [0.1, 0.15) is 0 Å². The van der Waals surface area contributed by atoms with Crippen molar-refractivity contribution in [1.82, 2.24) is 10.6 Å². The van der Waals surface area contributed by atoms with Crippen molar-refractivity contribution in [2.24, 2.45) is 4.99 Å². The number of aliphatic imine (C=N–C) groups is 1. The van der Waals surface area contributed by atoms with E-state index < -0.39 is 14.6 Å². The summed E-state index contributed by atoms with van der Waals surface area (Å²) in [6.45, 7) is 4.66. The van der Waals surface area contributed by atoms with Crippen molar-refractivity contribution in [2.45, 2.75) is 36.7 Å². The van der Waals surface area contributed by atoms with Gasteiger partial charge in [-0.1, -0.05) is 0 Å². The smallest absolute Gasteiger partial charge is 0.191 e. The maximum Gasteiger partial charge on any atom is 0.191 e. The van der Waals surface area contributed by atoms with Crippen LogP contribution in [0.1, 0.15) is 26.7 Å². The lowest BCUT2D eigenvalue weighted by atomic mass is 10.2. The molecule has 20 heavy (non-hydrogen) atoms. The lowest BCUT2D eigenvalue weighted by Crippen LogP contribution is -2.48. The maximum absolute atomic E-state index is 11.6. The number of nitrogens with zero attached hydrogens (tertiary/aromatic N) is 1. The summed E-state index contributed by atoms with van der Waals surface area (Å²) in [5.41, 5.74) is 0. The van der Waals surface area contributed by atoms with E-state index in [9.17, 15) is 8.42 Å². The molecule has 1 fully saturated rings. The van der Waals surface area contributed by atoms with Crippen LogP contribution in [0.4, 0.5) is 0 Å². The van der Waals surface area contributed by atoms with Crippen molar-refractivity contribution in [3.8, 4) is 0 Å². The minimum Gasteiger partial charge on any atom is -0.355 e. The quantitative estimate of drug-likeness (QED) is 0.389. The van der Waals surface area contributed by atoms with Crippen molar-refractivity contribution in [3.05, 3.63) is 0 Å². The highest BCUT2D eigenvalue weighted by Gasteiger charge is 2.30. The third-order valence-corrected chi connectivity index (χ3v) is 6.98. The first kappa shape index (κ1) is 20.3. The Morgan fingerprint density at radius 3 is 2.50 bits per heavy atom. The Bertz CT molecular complexity index is 418. The van der Waals surface area contributed by atoms with Gasteiger partial charge in [-0.05, 0) is 32.4 Å². The molecule has 0 aliphatic carbocycles. The molecule has 0 aromatic rings. The summed E-state index contributed by atoms with van der Waals surface area (Å²) in [4.78, 5) is 4.12. The molecule has 8 heteroatoms. The van der Waals surface area contributed by atoms with Gasteiger partial charge >= 0.3 is 0 Å². The number of hydrogen-bond acceptors (Lipinski definition) is 4. The standard InChI is InChI=1S/C12H25N3O2S2.HI/c1-12(2,19(4,16)17)9-15-11(13-3)14-8-10-6-5-7-18-10;/h10H,5-9H2,1-4H3,(H2,13,14,15);1H. The van der Waals surface area contributed by atoms with Crippen LogP contribution < -0.4 is 10.6 Å². The van der Waals surface area contributed by atoms with Crippen molar-refractivity contribution < 1.29 is 8.42 Å². The van der Waals surface area contributed by atoms with Gasteiger partial charge in [0.15, 0.2) is 15.8 Å². The number of guanidine groups is 1. The maximum atomic E-state index is 11.6. The molecule has 0 spiro atoms. The fourth-order valence-electron chi connectivity index (χ4n) is 1.66. The summed E-state index contributed by atoms with van der Waals surface area (Å²) in [5, 5.41) is 6.99. The zero-order valence-electron chi connectivity index (χ0n) is 12.6. The molecule has 1 unspecified atom stereocenters. The second kappa shape index (κ2) is 8.67. The molecule has 0 aromatic heterocycles. The van der Waals surface area contributed by atoms with Crippen LogP contribution in [0.25, 0.3) is 0 Å². The third-order valence-electron chi connectivity index (χ3n) is 3.43. The lowest BCUT2D eigenvalue weighted by Gasteiger charge is -2.24. The van der Waals surface area contributed by atoms with Crippen LogP contribution >= 0.6 is 35.7 Å². The van der Waals surface area contributed by atoms with E-state index in [1.54, 1.807) is 20.9 Å². The average Bonchev–Trinajstić information content (AvgIpc) is 2.80. The molecule has 2 N–H and O–H groups in total. The molecule has 5 nitrogen and oxygen atoms in total. The van der Waals surface area contributed by atoms with Crippen LogP contribution in [0.15, 0.2) is 4.99 Å². The highest BCUT2D eigenvalue weighted by atomic mass is 127. The Morgan fingerprint density at radius 1 is 1.40 bits per heavy atom. The summed E-state index contributed by atoms with van der Waals surface area (Å²) in [6.07, 6.45) is 3.79. The van der Waals surface area contributed by atoms with Gasteiger partial charge < -0.3 is 10.6 Å². The SMILES string of the molecule is CN=C(NCC1CCCS1)NCC(C)(C)S(C)(=O)=O.I. The van der Waals surface area contributed by atoms with Gasteiger partial charge in [0, 0.05) is 31.6 Å². The van der Waals surface area contributed by atoms with Crippen LogP contribution in [0, 0.1) is 0 Å². The third kappa shape index (κ3) is 6.38. The normalized spacial score (nSPS) is 20.4. The van der Waals surface area contributed by atoms with E-state index in [4.69, 9.17) is 0 Å². The first-order chi connectivity index (χ1) is 8.76. The summed E-state index contributed by atoms with van der Waals surface area (Å²) in [7, 11) is -1.39. The molecule has 0 saturated carbocycles. The highest BCUT2D eigenvalue weighted by molar-refractivity contribution is 14.0. The van der Waals surface area contributed by atoms with Gasteiger partial charge in [-0.25, -0.2) is 8.42 Å². The topological polar surface area (TPSA) is 70.6 Å². The van der Waals surface area contributed by atoms with Gasteiger partial charge in [0.2, 0.25) is 0 Å². The molecular weight excluding hydrogens is 409 g/mol.